The number of benzene rings is 2. The Kier molecular flexibility index (Phi) is 5.62. The van der Waals surface area contributed by atoms with Crippen molar-refractivity contribution in [2.75, 3.05) is 0 Å². The predicted octanol–water partition coefficient (Wildman–Crippen LogP) is 5.58. The molecule has 2 aromatic rings. The quantitative estimate of drug-likeness (QED) is 0.601. The first-order chi connectivity index (χ1) is 10.2. The zero-order valence-electron chi connectivity index (χ0n) is 13.0. The molecule has 0 aromatic heterocycles. The summed E-state index contributed by atoms with van der Waals surface area (Å²) in [6.07, 6.45) is 3.19. The van der Waals surface area contributed by atoms with Gasteiger partial charge in [0.05, 0.1) is 0 Å². The molecule has 0 bridgehead atoms. The first kappa shape index (κ1) is 15.4. The van der Waals surface area contributed by atoms with E-state index >= 15 is 0 Å². The number of hydrogen-bond acceptors (Lipinski definition) is 1. The predicted molar refractivity (Wildman–Crippen MR) is 89.6 cm³/mol. The van der Waals surface area contributed by atoms with Gasteiger partial charge in [0, 0.05) is 5.92 Å². The van der Waals surface area contributed by atoms with Crippen LogP contribution in [-0.2, 0) is 6.61 Å². The third-order valence-electron chi connectivity index (χ3n) is 4.00. The fourth-order valence-electron chi connectivity index (χ4n) is 2.50. The first-order valence-electron chi connectivity index (χ1n) is 7.63. The molecular weight excluding hydrogens is 256 g/mol. The zero-order chi connectivity index (χ0) is 15.1. The molecule has 0 aliphatic carbocycles. The SMILES string of the molecule is C=CC(c1cccc(OCc2ccccc2)c1)C(C)CC. The van der Waals surface area contributed by atoms with E-state index in [1.54, 1.807) is 0 Å². The van der Waals surface area contributed by atoms with Crippen molar-refractivity contribution in [2.45, 2.75) is 32.8 Å². The van der Waals surface area contributed by atoms with Crippen LogP contribution in [0.3, 0.4) is 0 Å². The van der Waals surface area contributed by atoms with Crippen LogP contribution in [-0.4, -0.2) is 0 Å². The van der Waals surface area contributed by atoms with Gasteiger partial charge in [-0.05, 0) is 29.2 Å². The van der Waals surface area contributed by atoms with E-state index in [1.165, 1.54) is 11.1 Å². The summed E-state index contributed by atoms with van der Waals surface area (Å²) in [5.74, 6) is 1.90. The van der Waals surface area contributed by atoms with Crippen molar-refractivity contribution >= 4 is 0 Å². The molecule has 2 rings (SSSR count). The van der Waals surface area contributed by atoms with Crippen LogP contribution >= 0.6 is 0 Å². The third-order valence-corrected chi connectivity index (χ3v) is 4.00. The van der Waals surface area contributed by atoms with Gasteiger partial charge in [-0.1, -0.05) is 68.8 Å². The van der Waals surface area contributed by atoms with E-state index in [0.29, 0.717) is 18.4 Å². The molecular formula is C20H24O. The normalized spacial score (nSPS) is 13.4. The van der Waals surface area contributed by atoms with E-state index < -0.39 is 0 Å². The van der Waals surface area contributed by atoms with Gasteiger partial charge in [0.25, 0.3) is 0 Å². The summed E-state index contributed by atoms with van der Waals surface area (Å²) in [6.45, 7) is 9.08. The number of rotatable bonds is 7. The van der Waals surface area contributed by atoms with Gasteiger partial charge in [-0.2, -0.15) is 0 Å². The van der Waals surface area contributed by atoms with Crippen molar-refractivity contribution in [3.05, 3.63) is 78.4 Å². The van der Waals surface area contributed by atoms with Crippen LogP contribution in [0.4, 0.5) is 0 Å². The van der Waals surface area contributed by atoms with E-state index in [9.17, 15) is 0 Å². The highest BCUT2D eigenvalue weighted by molar-refractivity contribution is 5.33. The second kappa shape index (κ2) is 7.68. The van der Waals surface area contributed by atoms with Crippen molar-refractivity contribution in [1.82, 2.24) is 0 Å². The lowest BCUT2D eigenvalue weighted by molar-refractivity contribution is 0.305. The average molecular weight is 280 g/mol. The second-order valence-corrected chi connectivity index (χ2v) is 5.49. The van der Waals surface area contributed by atoms with Crippen LogP contribution in [0.1, 0.15) is 37.3 Å². The van der Waals surface area contributed by atoms with Crippen LogP contribution < -0.4 is 4.74 Å². The standard InChI is InChI=1S/C20H24O/c1-4-16(3)20(5-2)18-12-9-13-19(14-18)21-15-17-10-7-6-8-11-17/h5-14,16,20H,2,4,15H2,1,3H3. The van der Waals surface area contributed by atoms with Crippen molar-refractivity contribution in [3.8, 4) is 5.75 Å². The van der Waals surface area contributed by atoms with Crippen LogP contribution in [0.15, 0.2) is 67.3 Å². The lowest BCUT2D eigenvalue weighted by atomic mass is 9.86. The lowest BCUT2D eigenvalue weighted by Gasteiger charge is -2.20. The summed E-state index contributed by atoms with van der Waals surface area (Å²) < 4.78 is 5.91. The molecule has 0 spiro atoms. The summed E-state index contributed by atoms with van der Waals surface area (Å²) >= 11 is 0. The first-order valence-corrected chi connectivity index (χ1v) is 7.63. The Hall–Kier alpha value is -2.02. The van der Waals surface area contributed by atoms with Gasteiger partial charge in [-0.15, -0.1) is 6.58 Å². The van der Waals surface area contributed by atoms with Crippen molar-refractivity contribution in [2.24, 2.45) is 5.92 Å². The Balaban J connectivity index is 2.08. The van der Waals surface area contributed by atoms with Crippen LogP contribution in [0.2, 0.25) is 0 Å². The van der Waals surface area contributed by atoms with E-state index in [-0.39, 0.29) is 0 Å². The number of ether oxygens (including phenoxy) is 1. The van der Waals surface area contributed by atoms with Gasteiger partial charge >= 0.3 is 0 Å². The molecule has 0 fully saturated rings. The summed E-state index contributed by atoms with van der Waals surface area (Å²) in [7, 11) is 0. The Morgan fingerprint density at radius 2 is 1.86 bits per heavy atom. The van der Waals surface area contributed by atoms with E-state index in [1.807, 2.05) is 30.3 Å². The van der Waals surface area contributed by atoms with Gasteiger partial charge in [-0.3, -0.25) is 0 Å². The van der Waals surface area contributed by atoms with Crippen molar-refractivity contribution in [3.63, 3.8) is 0 Å². The molecule has 0 radical (unpaired) electrons. The molecule has 0 N–H and O–H groups in total. The van der Waals surface area contributed by atoms with E-state index in [0.717, 1.165) is 12.2 Å². The Morgan fingerprint density at radius 1 is 1.10 bits per heavy atom. The summed E-state index contributed by atoms with van der Waals surface area (Å²) in [4.78, 5) is 0. The Bertz CT molecular complexity index is 559. The largest absolute Gasteiger partial charge is 0.489 e. The van der Waals surface area contributed by atoms with E-state index in [2.05, 4.69) is 50.8 Å². The number of allylic oxidation sites excluding steroid dienone is 1. The van der Waals surface area contributed by atoms with Gasteiger partial charge in [0.15, 0.2) is 0 Å². The smallest absolute Gasteiger partial charge is 0.120 e. The molecule has 2 atom stereocenters. The molecule has 0 aliphatic heterocycles. The van der Waals surface area contributed by atoms with E-state index in [4.69, 9.17) is 4.74 Å². The molecule has 0 heterocycles. The summed E-state index contributed by atoms with van der Waals surface area (Å²) in [5.41, 5.74) is 2.47. The highest BCUT2D eigenvalue weighted by Gasteiger charge is 2.14. The lowest BCUT2D eigenvalue weighted by Crippen LogP contribution is -2.06. The highest BCUT2D eigenvalue weighted by atomic mass is 16.5. The summed E-state index contributed by atoms with van der Waals surface area (Å²) in [6, 6.07) is 18.6. The molecule has 110 valence electrons. The van der Waals surface area contributed by atoms with Crippen LogP contribution in [0.25, 0.3) is 0 Å². The number of hydrogen-bond donors (Lipinski definition) is 0. The van der Waals surface area contributed by atoms with Gasteiger partial charge in [0.2, 0.25) is 0 Å². The zero-order valence-corrected chi connectivity index (χ0v) is 13.0. The Morgan fingerprint density at radius 3 is 2.52 bits per heavy atom. The molecule has 1 nitrogen and oxygen atoms in total. The van der Waals surface area contributed by atoms with Gasteiger partial charge in [-0.25, -0.2) is 0 Å². The topological polar surface area (TPSA) is 9.23 Å². The maximum atomic E-state index is 5.91. The van der Waals surface area contributed by atoms with Crippen molar-refractivity contribution in [1.29, 1.82) is 0 Å². The molecule has 1 heteroatoms. The molecule has 0 saturated heterocycles. The molecule has 21 heavy (non-hydrogen) atoms. The minimum absolute atomic E-state index is 0.385. The fourth-order valence-corrected chi connectivity index (χ4v) is 2.50. The maximum absolute atomic E-state index is 5.91. The molecule has 2 aromatic carbocycles. The molecule has 2 unspecified atom stereocenters. The van der Waals surface area contributed by atoms with Gasteiger partial charge < -0.3 is 4.74 Å². The monoisotopic (exact) mass is 280 g/mol. The molecule has 0 saturated carbocycles. The minimum atomic E-state index is 0.385. The van der Waals surface area contributed by atoms with Crippen molar-refractivity contribution < 1.29 is 4.74 Å². The molecule has 0 aliphatic rings. The average Bonchev–Trinajstić information content (AvgIpc) is 2.55. The molecule has 0 amide bonds. The second-order valence-electron chi connectivity index (χ2n) is 5.49. The van der Waals surface area contributed by atoms with Crippen LogP contribution in [0, 0.1) is 5.92 Å². The maximum Gasteiger partial charge on any atom is 0.120 e. The minimum Gasteiger partial charge on any atom is -0.489 e. The Labute approximate surface area is 128 Å². The highest BCUT2D eigenvalue weighted by Crippen LogP contribution is 2.30. The fraction of sp³-hybridized carbons (Fsp3) is 0.300. The third kappa shape index (κ3) is 4.22. The summed E-state index contributed by atoms with van der Waals surface area (Å²) in [5, 5.41) is 0. The van der Waals surface area contributed by atoms with Crippen LogP contribution in [0.5, 0.6) is 5.75 Å². The van der Waals surface area contributed by atoms with Gasteiger partial charge in [0.1, 0.15) is 12.4 Å².